The molecule has 190 valence electrons. The zero-order valence-electron chi connectivity index (χ0n) is 20.2. The first-order valence-corrected chi connectivity index (χ1v) is 11.7. The maximum absolute atomic E-state index is 13.9. The van der Waals surface area contributed by atoms with E-state index in [0.29, 0.717) is 22.6 Å². The minimum Gasteiger partial charge on any atom is -0.497 e. The van der Waals surface area contributed by atoms with Gasteiger partial charge in [0.1, 0.15) is 22.9 Å². The van der Waals surface area contributed by atoms with Crippen molar-refractivity contribution in [1.82, 2.24) is 5.32 Å². The van der Waals surface area contributed by atoms with Crippen molar-refractivity contribution in [3.8, 4) is 11.5 Å². The molecule has 4 atom stereocenters. The lowest BCUT2D eigenvalue weighted by Crippen LogP contribution is -2.57. The van der Waals surface area contributed by atoms with Crippen LogP contribution in [0.1, 0.15) is 17.2 Å². The number of amides is 2. The number of carbonyl (C=O) groups excluding carboxylic acids is 2. The molecule has 3 aromatic rings. The van der Waals surface area contributed by atoms with Gasteiger partial charge in [0.15, 0.2) is 0 Å². The Bertz CT molecular complexity index is 1360. The van der Waals surface area contributed by atoms with Gasteiger partial charge in [-0.15, -0.1) is 0 Å². The van der Waals surface area contributed by atoms with Gasteiger partial charge in [-0.1, -0.05) is 36.4 Å². The quantitative estimate of drug-likeness (QED) is 0.476. The van der Waals surface area contributed by atoms with Gasteiger partial charge in [0, 0.05) is 24.1 Å². The number of hydrogen-bond acceptors (Lipinski definition) is 6. The molecule has 0 radical (unpaired) electrons. The van der Waals surface area contributed by atoms with Gasteiger partial charge >= 0.3 is 5.97 Å². The molecule has 2 aliphatic heterocycles. The second-order valence-corrected chi connectivity index (χ2v) is 9.16. The van der Waals surface area contributed by atoms with Gasteiger partial charge in [-0.05, 0) is 35.9 Å². The molecular formula is C28H25FN2O6. The Morgan fingerprint density at radius 1 is 1.00 bits per heavy atom. The summed E-state index contributed by atoms with van der Waals surface area (Å²) in [6.45, 7) is 0. The Labute approximate surface area is 212 Å². The molecule has 4 unspecified atom stereocenters. The standard InChI is InChI=1S/C28H25FN2O6/c1-36-19-12-13-20(21(14-19)37-2)24-22-23(26(33)31(25(22)32)18-10-8-17(29)9-11-18)28(30-24,27(34)35)15-16-6-4-3-5-7-16/h3-14,22-24,30H,15H2,1-2H3,(H,34,35). The molecule has 0 aromatic heterocycles. The van der Waals surface area contributed by atoms with E-state index in [9.17, 15) is 23.9 Å². The van der Waals surface area contributed by atoms with E-state index in [-0.39, 0.29) is 12.1 Å². The first kappa shape index (κ1) is 24.5. The number of anilines is 1. The maximum atomic E-state index is 13.9. The average molecular weight is 505 g/mol. The normalized spacial score (nSPS) is 24.7. The SMILES string of the molecule is COc1ccc(C2NC(Cc3ccccc3)(C(=O)O)C3C(=O)N(c4ccc(F)cc4)C(=O)C23)c(OC)c1. The van der Waals surface area contributed by atoms with Crippen LogP contribution in [0, 0.1) is 17.7 Å². The van der Waals surface area contributed by atoms with Gasteiger partial charge in [0.05, 0.1) is 31.7 Å². The molecule has 37 heavy (non-hydrogen) atoms. The lowest BCUT2D eigenvalue weighted by atomic mass is 9.76. The molecule has 8 nitrogen and oxygen atoms in total. The van der Waals surface area contributed by atoms with Gasteiger partial charge in [-0.3, -0.25) is 19.7 Å². The van der Waals surface area contributed by atoms with Crippen molar-refractivity contribution in [1.29, 1.82) is 0 Å². The minimum atomic E-state index is -1.79. The Morgan fingerprint density at radius 3 is 2.32 bits per heavy atom. The van der Waals surface area contributed by atoms with Crippen LogP contribution in [0.5, 0.6) is 11.5 Å². The van der Waals surface area contributed by atoms with Gasteiger partial charge in [-0.25, -0.2) is 9.29 Å². The summed E-state index contributed by atoms with van der Waals surface area (Å²) in [4.78, 5) is 41.7. The molecule has 3 aromatic carbocycles. The van der Waals surface area contributed by atoms with Crippen molar-refractivity contribution in [2.24, 2.45) is 11.8 Å². The van der Waals surface area contributed by atoms with Crippen molar-refractivity contribution < 1.29 is 33.4 Å². The number of carboxylic acids is 1. The molecule has 2 amide bonds. The highest BCUT2D eigenvalue weighted by Crippen LogP contribution is 2.52. The van der Waals surface area contributed by atoms with E-state index in [1.165, 1.54) is 26.4 Å². The number of hydrogen-bond donors (Lipinski definition) is 2. The topological polar surface area (TPSA) is 105 Å². The summed E-state index contributed by atoms with van der Waals surface area (Å²) < 4.78 is 24.4. The van der Waals surface area contributed by atoms with E-state index in [1.54, 1.807) is 42.5 Å². The zero-order valence-corrected chi connectivity index (χ0v) is 20.2. The lowest BCUT2D eigenvalue weighted by Gasteiger charge is -2.31. The number of carboxylic acid groups (broad SMARTS) is 1. The van der Waals surface area contributed by atoms with Gasteiger partial charge in [0.25, 0.3) is 0 Å². The van der Waals surface area contributed by atoms with Crippen LogP contribution in [0.3, 0.4) is 0 Å². The van der Waals surface area contributed by atoms with Crippen molar-refractivity contribution in [2.75, 3.05) is 19.1 Å². The maximum Gasteiger partial charge on any atom is 0.325 e. The molecule has 0 bridgehead atoms. The highest BCUT2D eigenvalue weighted by atomic mass is 19.1. The number of imide groups is 1. The fraction of sp³-hybridized carbons (Fsp3) is 0.250. The minimum absolute atomic E-state index is 0.0322. The van der Waals surface area contributed by atoms with E-state index in [1.807, 2.05) is 6.07 Å². The van der Waals surface area contributed by atoms with Crippen LogP contribution in [0.15, 0.2) is 72.8 Å². The number of halogens is 1. The Hall–Kier alpha value is -4.24. The molecule has 2 aliphatic rings. The third kappa shape index (κ3) is 3.92. The van der Waals surface area contributed by atoms with Crippen LogP contribution in [-0.2, 0) is 20.8 Å². The summed E-state index contributed by atoms with van der Waals surface area (Å²) in [5, 5.41) is 13.8. The summed E-state index contributed by atoms with van der Waals surface area (Å²) in [5.41, 5.74) is -0.385. The number of aliphatic carboxylic acids is 1. The largest absolute Gasteiger partial charge is 0.497 e. The number of nitrogens with zero attached hydrogens (tertiary/aromatic N) is 1. The summed E-state index contributed by atoms with van der Waals surface area (Å²) in [7, 11) is 2.97. The third-order valence-corrected chi connectivity index (χ3v) is 7.22. The summed E-state index contributed by atoms with van der Waals surface area (Å²) in [5.74, 6) is -4.34. The smallest absolute Gasteiger partial charge is 0.325 e. The molecule has 0 spiro atoms. The number of fused-ring (bicyclic) bond motifs is 1. The summed E-state index contributed by atoms with van der Waals surface area (Å²) in [6, 6.07) is 18.1. The molecule has 0 saturated carbocycles. The van der Waals surface area contributed by atoms with Gasteiger partial charge < -0.3 is 14.6 Å². The lowest BCUT2D eigenvalue weighted by molar-refractivity contribution is -0.148. The predicted molar refractivity (Wildman–Crippen MR) is 132 cm³/mol. The number of ether oxygens (including phenoxy) is 2. The van der Waals surface area contributed by atoms with Crippen LogP contribution in [-0.4, -0.2) is 42.6 Å². The monoisotopic (exact) mass is 504 g/mol. The van der Waals surface area contributed by atoms with E-state index in [0.717, 1.165) is 17.0 Å². The summed E-state index contributed by atoms with van der Waals surface area (Å²) >= 11 is 0. The number of carbonyl (C=O) groups is 3. The zero-order chi connectivity index (χ0) is 26.3. The molecule has 2 N–H and O–H groups in total. The highest BCUT2D eigenvalue weighted by Gasteiger charge is 2.68. The van der Waals surface area contributed by atoms with E-state index in [4.69, 9.17) is 9.47 Å². The van der Waals surface area contributed by atoms with Gasteiger partial charge in [0.2, 0.25) is 11.8 Å². The molecule has 0 aliphatic carbocycles. The fourth-order valence-corrected chi connectivity index (χ4v) is 5.54. The van der Waals surface area contributed by atoms with Crippen LogP contribution >= 0.6 is 0 Å². The second kappa shape index (κ2) is 9.33. The van der Waals surface area contributed by atoms with Crippen molar-refractivity contribution in [2.45, 2.75) is 18.0 Å². The number of methoxy groups -OCH3 is 2. The number of nitrogens with one attached hydrogen (secondary N) is 1. The number of rotatable bonds is 7. The third-order valence-electron chi connectivity index (χ3n) is 7.22. The molecule has 2 heterocycles. The second-order valence-electron chi connectivity index (χ2n) is 9.16. The predicted octanol–water partition coefficient (Wildman–Crippen LogP) is 3.36. The van der Waals surface area contributed by atoms with Crippen LogP contribution in [0.4, 0.5) is 10.1 Å². The van der Waals surface area contributed by atoms with E-state index in [2.05, 4.69) is 5.32 Å². The Balaban J connectivity index is 1.68. The Morgan fingerprint density at radius 2 is 1.70 bits per heavy atom. The fourth-order valence-electron chi connectivity index (χ4n) is 5.54. The summed E-state index contributed by atoms with van der Waals surface area (Å²) in [6.07, 6.45) is -0.0322. The van der Waals surface area contributed by atoms with Gasteiger partial charge in [-0.2, -0.15) is 0 Å². The molecular weight excluding hydrogens is 479 g/mol. The Kier molecular flexibility index (Phi) is 6.16. The average Bonchev–Trinajstić information content (AvgIpc) is 3.38. The first-order chi connectivity index (χ1) is 17.8. The number of benzene rings is 3. The highest BCUT2D eigenvalue weighted by molar-refractivity contribution is 6.24. The molecule has 2 saturated heterocycles. The van der Waals surface area contributed by atoms with E-state index >= 15 is 0 Å². The van der Waals surface area contributed by atoms with Crippen LogP contribution in [0.25, 0.3) is 0 Å². The van der Waals surface area contributed by atoms with Crippen LogP contribution < -0.4 is 19.7 Å². The van der Waals surface area contributed by atoms with E-state index < -0.39 is 47.0 Å². The first-order valence-electron chi connectivity index (χ1n) is 11.7. The van der Waals surface area contributed by atoms with Crippen molar-refractivity contribution in [3.63, 3.8) is 0 Å². The van der Waals surface area contributed by atoms with Crippen molar-refractivity contribution in [3.05, 3.63) is 89.7 Å². The van der Waals surface area contributed by atoms with Crippen molar-refractivity contribution >= 4 is 23.5 Å². The molecule has 5 rings (SSSR count). The molecule has 9 heteroatoms. The molecule has 2 fully saturated rings. The van der Waals surface area contributed by atoms with Crippen LogP contribution in [0.2, 0.25) is 0 Å².